The van der Waals surface area contributed by atoms with Gasteiger partial charge < -0.3 is 19.5 Å². The van der Waals surface area contributed by atoms with Gasteiger partial charge in [0.2, 0.25) is 0 Å². The van der Waals surface area contributed by atoms with Crippen LogP contribution in [0.1, 0.15) is 30.4 Å². The Labute approximate surface area is 170 Å². The van der Waals surface area contributed by atoms with E-state index in [1.807, 2.05) is 13.0 Å². The van der Waals surface area contributed by atoms with Gasteiger partial charge in [0.15, 0.2) is 0 Å². The molecule has 0 saturated carbocycles. The maximum Gasteiger partial charge on any atom is 0.129 e. The molecule has 0 spiro atoms. The second-order valence-corrected chi connectivity index (χ2v) is 8.26. The molecule has 0 aromatic heterocycles. The van der Waals surface area contributed by atoms with Crippen LogP contribution < -0.4 is 9.47 Å². The number of benzene rings is 1. The third kappa shape index (κ3) is 4.79. The maximum atomic E-state index is 9.64. The van der Waals surface area contributed by atoms with Gasteiger partial charge in [-0.2, -0.15) is 0 Å². The molecule has 3 rings (SSSR count). The van der Waals surface area contributed by atoms with Gasteiger partial charge in [0.1, 0.15) is 11.5 Å². The van der Waals surface area contributed by atoms with Crippen LogP contribution in [-0.4, -0.2) is 92.5 Å². The van der Waals surface area contributed by atoms with Gasteiger partial charge in [0.25, 0.3) is 0 Å². The summed E-state index contributed by atoms with van der Waals surface area (Å²) in [5, 5.41) is 9.64. The predicted octanol–water partition coefficient (Wildman–Crippen LogP) is 1.98. The molecule has 6 nitrogen and oxygen atoms in total. The van der Waals surface area contributed by atoms with E-state index >= 15 is 0 Å². The van der Waals surface area contributed by atoms with Crippen molar-refractivity contribution in [1.82, 2.24) is 14.7 Å². The summed E-state index contributed by atoms with van der Waals surface area (Å²) in [5.74, 6) is 1.79. The monoisotopic (exact) mass is 391 g/mol. The van der Waals surface area contributed by atoms with Crippen molar-refractivity contribution in [2.75, 3.05) is 60.6 Å². The summed E-state index contributed by atoms with van der Waals surface area (Å²) in [6.07, 6.45) is 3.33. The van der Waals surface area contributed by atoms with E-state index in [-0.39, 0.29) is 6.61 Å². The van der Waals surface area contributed by atoms with Crippen molar-refractivity contribution < 1.29 is 14.6 Å². The quantitative estimate of drug-likeness (QED) is 0.767. The first-order chi connectivity index (χ1) is 13.6. The maximum absolute atomic E-state index is 9.64. The first-order valence-electron chi connectivity index (χ1n) is 10.5. The van der Waals surface area contributed by atoms with Gasteiger partial charge in [-0.15, -0.1) is 0 Å². The molecule has 1 aromatic carbocycles. The average molecular weight is 392 g/mol. The first kappa shape index (κ1) is 21.4. The highest BCUT2D eigenvalue weighted by Gasteiger charge is 2.33. The molecule has 0 radical (unpaired) electrons. The molecule has 28 heavy (non-hydrogen) atoms. The molecular formula is C22H37N3O3. The Morgan fingerprint density at radius 1 is 1.07 bits per heavy atom. The van der Waals surface area contributed by atoms with Crippen molar-refractivity contribution in [3.8, 4) is 11.5 Å². The number of likely N-dealkylation sites (tertiary alicyclic amines) is 1. The number of piperidine rings is 1. The fourth-order valence-electron chi connectivity index (χ4n) is 4.89. The van der Waals surface area contributed by atoms with E-state index in [4.69, 9.17) is 9.47 Å². The van der Waals surface area contributed by atoms with Crippen LogP contribution >= 0.6 is 0 Å². The number of methoxy groups -OCH3 is 2. The smallest absolute Gasteiger partial charge is 0.129 e. The number of rotatable bonds is 7. The largest absolute Gasteiger partial charge is 0.496 e. The number of hydrogen-bond donors (Lipinski definition) is 1. The molecule has 1 unspecified atom stereocenters. The van der Waals surface area contributed by atoms with E-state index in [0.29, 0.717) is 12.1 Å². The normalized spacial score (nSPS) is 23.1. The number of nitrogens with zero attached hydrogens (tertiary/aromatic N) is 3. The zero-order chi connectivity index (χ0) is 20.1. The molecule has 2 heterocycles. The van der Waals surface area contributed by atoms with Gasteiger partial charge in [-0.25, -0.2) is 0 Å². The third-order valence-corrected chi connectivity index (χ3v) is 6.49. The van der Waals surface area contributed by atoms with Crippen molar-refractivity contribution >= 4 is 0 Å². The van der Waals surface area contributed by atoms with Crippen LogP contribution in [0.15, 0.2) is 12.1 Å². The highest BCUT2D eigenvalue weighted by Crippen LogP contribution is 2.33. The van der Waals surface area contributed by atoms with Crippen LogP contribution in [0.4, 0.5) is 0 Å². The molecule has 0 aliphatic carbocycles. The van der Waals surface area contributed by atoms with Crippen molar-refractivity contribution in [2.45, 2.75) is 44.8 Å². The lowest BCUT2D eigenvalue weighted by molar-refractivity contribution is 0.00580. The van der Waals surface area contributed by atoms with E-state index in [1.54, 1.807) is 14.2 Å². The van der Waals surface area contributed by atoms with E-state index in [2.05, 4.69) is 27.8 Å². The fourth-order valence-corrected chi connectivity index (χ4v) is 4.89. The Balaban J connectivity index is 1.68. The van der Waals surface area contributed by atoms with E-state index in [1.165, 1.54) is 31.5 Å². The van der Waals surface area contributed by atoms with Crippen LogP contribution in [0.5, 0.6) is 11.5 Å². The van der Waals surface area contributed by atoms with Gasteiger partial charge in [-0.1, -0.05) is 6.07 Å². The van der Waals surface area contributed by atoms with E-state index in [0.717, 1.165) is 49.7 Å². The molecule has 0 amide bonds. The summed E-state index contributed by atoms with van der Waals surface area (Å²) in [6.45, 7) is 8.68. The lowest BCUT2D eigenvalue weighted by Gasteiger charge is -2.47. The second kappa shape index (κ2) is 9.92. The molecule has 1 N–H and O–H groups in total. The molecule has 2 aliphatic rings. The fraction of sp³-hybridized carbons (Fsp3) is 0.727. The molecule has 1 aromatic rings. The molecule has 158 valence electrons. The standard InChI is InChI=1S/C22H37N3O3/c1-17-21(27-3)6-5-18(22(17)28-4)15-24-12-13-25(20(16-24)9-14-26)19-7-10-23(2)11-8-19/h5-6,19-20,26H,7-16H2,1-4H3. The molecule has 1 atom stereocenters. The summed E-state index contributed by atoms with van der Waals surface area (Å²) in [7, 11) is 5.64. The Hall–Kier alpha value is -1.34. The Kier molecular flexibility index (Phi) is 7.57. The summed E-state index contributed by atoms with van der Waals surface area (Å²) in [4.78, 5) is 7.61. The van der Waals surface area contributed by atoms with Crippen LogP contribution in [0.25, 0.3) is 0 Å². The van der Waals surface area contributed by atoms with Gasteiger partial charge in [0, 0.05) is 56.0 Å². The minimum atomic E-state index is 0.257. The molecule has 2 saturated heterocycles. The number of ether oxygens (including phenoxy) is 2. The minimum absolute atomic E-state index is 0.257. The zero-order valence-corrected chi connectivity index (χ0v) is 18.0. The minimum Gasteiger partial charge on any atom is -0.496 e. The van der Waals surface area contributed by atoms with E-state index < -0.39 is 0 Å². The summed E-state index contributed by atoms with van der Waals surface area (Å²) in [6, 6.07) is 5.24. The topological polar surface area (TPSA) is 48.4 Å². The van der Waals surface area contributed by atoms with Crippen molar-refractivity contribution in [2.24, 2.45) is 0 Å². The number of hydrogen-bond acceptors (Lipinski definition) is 6. The van der Waals surface area contributed by atoms with Crippen molar-refractivity contribution in [1.29, 1.82) is 0 Å². The Morgan fingerprint density at radius 3 is 2.46 bits per heavy atom. The highest BCUT2D eigenvalue weighted by molar-refractivity contribution is 5.49. The summed E-state index contributed by atoms with van der Waals surface area (Å²) in [5.41, 5.74) is 2.26. The lowest BCUT2D eigenvalue weighted by atomic mass is 9.98. The third-order valence-electron chi connectivity index (χ3n) is 6.49. The van der Waals surface area contributed by atoms with Crippen LogP contribution in [0, 0.1) is 6.92 Å². The molecule has 2 fully saturated rings. The van der Waals surface area contributed by atoms with Crippen LogP contribution in [0.2, 0.25) is 0 Å². The zero-order valence-electron chi connectivity index (χ0n) is 18.0. The molecular weight excluding hydrogens is 354 g/mol. The summed E-state index contributed by atoms with van der Waals surface area (Å²) < 4.78 is 11.1. The molecule has 6 heteroatoms. The van der Waals surface area contributed by atoms with Gasteiger partial charge in [-0.3, -0.25) is 9.80 Å². The van der Waals surface area contributed by atoms with Crippen LogP contribution in [0.3, 0.4) is 0 Å². The Bertz CT molecular complexity index is 632. The Morgan fingerprint density at radius 2 is 1.82 bits per heavy atom. The molecule has 0 bridgehead atoms. The van der Waals surface area contributed by atoms with Gasteiger partial charge >= 0.3 is 0 Å². The van der Waals surface area contributed by atoms with Crippen LogP contribution in [-0.2, 0) is 6.54 Å². The van der Waals surface area contributed by atoms with Gasteiger partial charge in [-0.05, 0) is 52.4 Å². The highest BCUT2D eigenvalue weighted by atomic mass is 16.5. The predicted molar refractivity (Wildman–Crippen MR) is 112 cm³/mol. The van der Waals surface area contributed by atoms with Gasteiger partial charge in [0.05, 0.1) is 14.2 Å². The molecule has 2 aliphatic heterocycles. The number of piperazine rings is 1. The average Bonchev–Trinajstić information content (AvgIpc) is 2.70. The summed E-state index contributed by atoms with van der Waals surface area (Å²) >= 11 is 0. The second-order valence-electron chi connectivity index (χ2n) is 8.26. The van der Waals surface area contributed by atoms with Crippen molar-refractivity contribution in [3.63, 3.8) is 0 Å². The first-order valence-corrected chi connectivity index (χ1v) is 10.5. The lowest BCUT2D eigenvalue weighted by Crippen LogP contribution is -2.58. The number of aliphatic hydroxyl groups is 1. The SMILES string of the molecule is COc1ccc(CN2CCN(C3CCN(C)CC3)C(CCO)C2)c(OC)c1C. The van der Waals surface area contributed by atoms with E-state index in [9.17, 15) is 5.11 Å². The van der Waals surface area contributed by atoms with Crippen molar-refractivity contribution in [3.05, 3.63) is 23.3 Å². The number of aliphatic hydroxyl groups excluding tert-OH is 1.